The van der Waals surface area contributed by atoms with E-state index in [0.29, 0.717) is 5.56 Å². The van der Waals surface area contributed by atoms with E-state index in [1.807, 2.05) is 6.92 Å². The molecule has 1 saturated heterocycles. The topological polar surface area (TPSA) is 104 Å². The molecule has 7 heteroatoms. The number of nitrogens with zero attached hydrogens (tertiary/aromatic N) is 1. The zero-order chi connectivity index (χ0) is 15.6. The third-order valence-electron chi connectivity index (χ3n) is 3.30. The molecule has 0 spiro atoms. The first-order chi connectivity index (χ1) is 9.86. The molecule has 0 aromatic heterocycles. The van der Waals surface area contributed by atoms with Crippen molar-refractivity contribution in [1.29, 1.82) is 0 Å². The molecule has 1 aliphatic rings. The molecule has 1 aliphatic heterocycles. The summed E-state index contributed by atoms with van der Waals surface area (Å²) in [5.41, 5.74) is 6.59. The van der Waals surface area contributed by atoms with Crippen LogP contribution in [0.15, 0.2) is 23.1 Å². The first kappa shape index (κ1) is 15.9. The van der Waals surface area contributed by atoms with E-state index < -0.39 is 22.2 Å². The average Bonchev–Trinajstić information content (AvgIpc) is 2.77. The summed E-state index contributed by atoms with van der Waals surface area (Å²) in [4.78, 5) is 0.0651. The van der Waals surface area contributed by atoms with E-state index in [4.69, 9.17) is 5.73 Å². The summed E-state index contributed by atoms with van der Waals surface area (Å²) in [6.45, 7) is 1.73. The van der Waals surface area contributed by atoms with Crippen LogP contribution in [0.2, 0.25) is 0 Å². The van der Waals surface area contributed by atoms with Gasteiger partial charge in [-0.05, 0) is 24.6 Å². The fourth-order valence-corrected chi connectivity index (χ4v) is 3.79. The Morgan fingerprint density at radius 1 is 1.33 bits per heavy atom. The van der Waals surface area contributed by atoms with Crippen LogP contribution >= 0.6 is 0 Å². The molecule has 2 atom stereocenters. The van der Waals surface area contributed by atoms with Gasteiger partial charge >= 0.3 is 0 Å². The lowest BCUT2D eigenvalue weighted by Gasteiger charge is -2.17. The van der Waals surface area contributed by atoms with Gasteiger partial charge in [0, 0.05) is 18.7 Å². The number of aryl methyl sites for hydroxylation is 1. The first-order valence-corrected chi connectivity index (χ1v) is 7.96. The SMILES string of the molecule is Cc1ccc(S(=O)(=O)N2CC(O)C(O)C2)c(C#CCN)c1. The van der Waals surface area contributed by atoms with Crippen LogP contribution in [0.1, 0.15) is 11.1 Å². The Kier molecular flexibility index (Phi) is 4.66. The van der Waals surface area contributed by atoms with Gasteiger partial charge in [0.2, 0.25) is 10.0 Å². The van der Waals surface area contributed by atoms with Crippen LogP contribution in [-0.4, -0.2) is 54.8 Å². The number of hydrogen-bond donors (Lipinski definition) is 3. The van der Waals surface area contributed by atoms with Gasteiger partial charge in [-0.3, -0.25) is 0 Å². The Hall–Kier alpha value is -1.43. The minimum absolute atomic E-state index is 0.0651. The Morgan fingerprint density at radius 3 is 2.52 bits per heavy atom. The van der Waals surface area contributed by atoms with Crippen molar-refractivity contribution >= 4 is 10.0 Å². The second-order valence-corrected chi connectivity index (χ2v) is 6.87. The van der Waals surface area contributed by atoms with Gasteiger partial charge in [0.15, 0.2) is 0 Å². The quantitative estimate of drug-likeness (QED) is 0.610. The average molecular weight is 310 g/mol. The molecule has 114 valence electrons. The summed E-state index contributed by atoms with van der Waals surface area (Å²) in [6, 6.07) is 4.85. The van der Waals surface area contributed by atoms with Crippen molar-refractivity contribution in [2.24, 2.45) is 5.73 Å². The Labute approximate surface area is 124 Å². The molecule has 1 fully saturated rings. The van der Waals surface area contributed by atoms with Crippen molar-refractivity contribution in [3.63, 3.8) is 0 Å². The molecule has 2 rings (SSSR count). The van der Waals surface area contributed by atoms with Crippen molar-refractivity contribution < 1.29 is 18.6 Å². The zero-order valence-electron chi connectivity index (χ0n) is 11.7. The summed E-state index contributed by atoms with van der Waals surface area (Å²) in [6.07, 6.45) is -2.13. The molecule has 0 aliphatic carbocycles. The number of sulfonamides is 1. The van der Waals surface area contributed by atoms with Gasteiger partial charge in [-0.25, -0.2) is 8.42 Å². The van der Waals surface area contributed by atoms with E-state index in [2.05, 4.69) is 11.8 Å². The van der Waals surface area contributed by atoms with E-state index in [1.54, 1.807) is 12.1 Å². The van der Waals surface area contributed by atoms with Gasteiger partial charge in [0.1, 0.15) is 0 Å². The van der Waals surface area contributed by atoms with Gasteiger partial charge in [-0.1, -0.05) is 17.9 Å². The van der Waals surface area contributed by atoms with Crippen LogP contribution in [0.5, 0.6) is 0 Å². The molecule has 1 aromatic rings. The number of rotatable bonds is 2. The van der Waals surface area contributed by atoms with Gasteiger partial charge < -0.3 is 15.9 Å². The van der Waals surface area contributed by atoms with Gasteiger partial charge in [0.25, 0.3) is 0 Å². The molecule has 2 unspecified atom stereocenters. The Bertz CT molecular complexity index is 681. The summed E-state index contributed by atoms with van der Waals surface area (Å²) >= 11 is 0. The van der Waals surface area contributed by atoms with E-state index in [-0.39, 0.29) is 24.5 Å². The Morgan fingerprint density at radius 2 is 1.95 bits per heavy atom. The lowest BCUT2D eigenvalue weighted by atomic mass is 10.1. The smallest absolute Gasteiger partial charge is 0.244 e. The third kappa shape index (κ3) is 3.26. The molecular weight excluding hydrogens is 292 g/mol. The van der Waals surface area contributed by atoms with E-state index in [0.717, 1.165) is 9.87 Å². The molecule has 0 radical (unpaired) electrons. The second kappa shape index (κ2) is 6.13. The summed E-state index contributed by atoms with van der Waals surface area (Å²) in [5, 5.41) is 19.1. The van der Waals surface area contributed by atoms with Gasteiger partial charge in [-0.15, -0.1) is 0 Å². The predicted molar refractivity (Wildman–Crippen MR) is 77.9 cm³/mol. The highest BCUT2D eigenvalue weighted by Gasteiger charge is 2.38. The number of aliphatic hydroxyl groups is 2. The molecule has 1 aromatic carbocycles. The van der Waals surface area contributed by atoms with Crippen molar-refractivity contribution in [2.45, 2.75) is 24.0 Å². The fraction of sp³-hybridized carbons (Fsp3) is 0.429. The molecule has 1 heterocycles. The maximum absolute atomic E-state index is 12.6. The number of aliphatic hydroxyl groups excluding tert-OH is 2. The van der Waals surface area contributed by atoms with Gasteiger partial charge in [0.05, 0.1) is 23.6 Å². The standard InChI is InChI=1S/C14H18N2O4S/c1-10-4-5-14(11(7-10)3-2-6-15)21(19,20)16-8-12(17)13(18)9-16/h4-5,7,12-13,17-18H,6,8-9,15H2,1H3. The number of β-amino-alcohol motifs (C(OH)–C–C–N with tert-alkyl or cyclic N) is 2. The van der Waals surface area contributed by atoms with Crippen LogP contribution in [0.3, 0.4) is 0 Å². The first-order valence-electron chi connectivity index (χ1n) is 6.52. The number of benzene rings is 1. The molecule has 6 nitrogen and oxygen atoms in total. The third-order valence-corrected chi connectivity index (χ3v) is 5.19. The second-order valence-electron chi connectivity index (χ2n) is 4.96. The molecule has 21 heavy (non-hydrogen) atoms. The highest BCUT2D eigenvalue weighted by atomic mass is 32.2. The zero-order valence-corrected chi connectivity index (χ0v) is 12.5. The van der Waals surface area contributed by atoms with Crippen LogP contribution in [0.25, 0.3) is 0 Å². The number of nitrogens with two attached hydrogens (primary N) is 1. The maximum Gasteiger partial charge on any atom is 0.244 e. The lowest BCUT2D eigenvalue weighted by Crippen LogP contribution is -2.30. The van der Waals surface area contributed by atoms with Crippen LogP contribution in [0.4, 0.5) is 0 Å². The minimum atomic E-state index is -3.81. The molecule has 0 bridgehead atoms. The molecule has 0 saturated carbocycles. The van der Waals surface area contributed by atoms with E-state index >= 15 is 0 Å². The lowest BCUT2D eigenvalue weighted by molar-refractivity contribution is 0.0572. The monoisotopic (exact) mass is 310 g/mol. The maximum atomic E-state index is 12.6. The van der Waals surface area contributed by atoms with Crippen molar-refractivity contribution in [1.82, 2.24) is 4.31 Å². The highest BCUT2D eigenvalue weighted by Crippen LogP contribution is 2.24. The summed E-state index contributed by atoms with van der Waals surface area (Å²) < 4.78 is 26.3. The van der Waals surface area contributed by atoms with Crippen molar-refractivity contribution in [3.8, 4) is 11.8 Å². The largest absolute Gasteiger partial charge is 0.389 e. The molecular formula is C14H18N2O4S. The minimum Gasteiger partial charge on any atom is -0.389 e. The number of hydrogen-bond acceptors (Lipinski definition) is 5. The molecule has 4 N–H and O–H groups in total. The van der Waals surface area contributed by atoms with Crippen LogP contribution in [0, 0.1) is 18.8 Å². The van der Waals surface area contributed by atoms with E-state index in [9.17, 15) is 18.6 Å². The fourth-order valence-electron chi connectivity index (χ4n) is 2.18. The summed E-state index contributed by atoms with van der Waals surface area (Å²) in [7, 11) is -3.81. The van der Waals surface area contributed by atoms with Crippen LogP contribution < -0.4 is 5.73 Å². The predicted octanol–water partition coefficient (Wildman–Crippen LogP) is -0.969. The Balaban J connectivity index is 2.45. The van der Waals surface area contributed by atoms with Crippen LogP contribution in [-0.2, 0) is 10.0 Å². The highest BCUT2D eigenvalue weighted by molar-refractivity contribution is 7.89. The summed E-state index contributed by atoms with van der Waals surface area (Å²) in [5.74, 6) is 5.41. The van der Waals surface area contributed by atoms with Crippen molar-refractivity contribution in [2.75, 3.05) is 19.6 Å². The molecule has 0 amide bonds. The van der Waals surface area contributed by atoms with E-state index in [1.165, 1.54) is 6.07 Å². The normalized spacial score (nSPS) is 22.9. The van der Waals surface area contributed by atoms with Crippen molar-refractivity contribution in [3.05, 3.63) is 29.3 Å². The van der Waals surface area contributed by atoms with Gasteiger partial charge in [-0.2, -0.15) is 4.31 Å².